The normalized spacial score (nSPS) is 22.8. The van der Waals surface area contributed by atoms with Gasteiger partial charge in [-0.1, -0.05) is 23.7 Å². The molecule has 3 N–H and O–H groups in total. The molecule has 2 atom stereocenters. The van der Waals surface area contributed by atoms with Gasteiger partial charge in [-0.05, 0) is 30.0 Å². The Morgan fingerprint density at radius 1 is 1.21 bits per heavy atom. The van der Waals surface area contributed by atoms with Crippen molar-refractivity contribution in [3.63, 3.8) is 0 Å². The first-order valence-corrected chi connectivity index (χ1v) is 6.99. The minimum atomic E-state index is 0.300. The number of halogens is 1. The highest BCUT2D eigenvalue weighted by Gasteiger charge is 2.23. The van der Waals surface area contributed by atoms with Crippen LogP contribution in [0.5, 0.6) is 0 Å². The number of benzene rings is 1. The zero-order valence-corrected chi connectivity index (χ0v) is 11.7. The molecule has 4 nitrogen and oxygen atoms in total. The molecule has 19 heavy (non-hydrogen) atoms. The van der Waals surface area contributed by atoms with Crippen LogP contribution in [0.3, 0.4) is 0 Å². The number of hydrogen-bond acceptors (Lipinski definition) is 4. The third-order valence-electron chi connectivity index (χ3n) is 3.29. The van der Waals surface area contributed by atoms with Gasteiger partial charge in [-0.15, -0.1) is 0 Å². The Morgan fingerprint density at radius 3 is 2.74 bits per heavy atom. The van der Waals surface area contributed by atoms with Gasteiger partial charge in [0.2, 0.25) is 0 Å². The summed E-state index contributed by atoms with van der Waals surface area (Å²) in [6.07, 6.45) is 1.08. The first-order chi connectivity index (χ1) is 9.28. The molecule has 1 aliphatic heterocycles. The molecule has 1 fully saturated rings. The van der Waals surface area contributed by atoms with Crippen molar-refractivity contribution in [3.05, 3.63) is 34.9 Å². The van der Waals surface area contributed by atoms with Gasteiger partial charge in [-0.2, -0.15) is 0 Å². The van der Waals surface area contributed by atoms with Crippen molar-refractivity contribution in [1.29, 1.82) is 0 Å². The van der Waals surface area contributed by atoms with Crippen molar-refractivity contribution in [2.24, 2.45) is 11.7 Å². The second-order valence-corrected chi connectivity index (χ2v) is 5.32. The predicted octanol–water partition coefficient (Wildman–Crippen LogP) is 1.77. The van der Waals surface area contributed by atoms with Gasteiger partial charge in [-0.25, -0.2) is 0 Å². The fraction of sp³-hybridized carbons (Fsp3) is 0.571. The molecular formula is C14H21ClN2O2. The Balaban J connectivity index is 1.62. The summed E-state index contributed by atoms with van der Waals surface area (Å²) in [7, 11) is 0. The van der Waals surface area contributed by atoms with Gasteiger partial charge in [0.05, 0.1) is 26.6 Å². The third-order valence-corrected chi connectivity index (χ3v) is 3.54. The Hall–Kier alpha value is -0.650. The highest BCUT2D eigenvalue weighted by Crippen LogP contribution is 2.15. The maximum atomic E-state index is 5.84. The molecule has 1 saturated heterocycles. The minimum absolute atomic E-state index is 0.300. The van der Waals surface area contributed by atoms with Crippen LogP contribution < -0.4 is 11.1 Å². The Labute approximate surface area is 119 Å². The Morgan fingerprint density at radius 2 is 2.00 bits per heavy atom. The van der Waals surface area contributed by atoms with E-state index in [-0.39, 0.29) is 0 Å². The largest absolute Gasteiger partial charge is 0.375 e. The van der Waals surface area contributed by atoms with Crippen molar-refractivity contribution in [2.75, 3.05) is 26.5 Å². The zero-order valence-electron chi connectivity index (χ0n) is 11.0. The number of hydrogen-bond donors (Lipinski definition) is 2. The average molecular weight is 285 g/mol. The van der Waals surface area contributed by atoms with E-state index in [0.717, 1.165) is 36.8 Å². The molecule has 2 rings (SSSR count). The molecule has 0 aromatic heterocycles. The molecule has 1 aromatic rings. The molecule has 0 saturated carbocycles. The maximum absolute atomic E-state index is 5.84. The lowest BCUT2D eigenvalue weighted by Crippen LogP contribution is -2.26. The summed E-state index contributed by atoms with van der Waals surface area (Å²) in [5.74, 6) is 0.549. The van der Waals surface area contributed by atoms with Crippen LogP contribution in [0.4, 0.5) is 0 Å². The molecule has 0 spiro atoms. The van der Waals surface area contributed by atoms with Crippen molar-refractivity contribution < 1.29 is 9.47 Å². The molecule has 0 aliphatic carbocycles. The van der Waals surface area contributed by atoms with Crippen LogP contribution in [0.2, 0.25) is 5.02 Å². The van der Waals surface area contributed by atoms with Crippen LogP contribution in [0.15, 0.2) is 24.3 Å². The van der Waals surface area contributed by atoms with E-state index in [1.54, 1.807) is 0 Å². The number of rotatable bonds is 7. The smallest absolute Gasteiger partial charge is 0.0940 e. The van der Waals surface area contributed by atoms with Gasteiger partial charge < -0.3 is 20.5 Å². The molecule has 5 heteroatoms. The van der Waals surface area contributed by atoms with Gasteiger partial charge in [0, 0.05) is 17.6 Å². The lowest BCUT2D eigenvalue weighted by Gasteiger charge is -2.11. The van der Waals surface area contributed by atoms with E-state index in [9.17, 15) is 0 Å². The van der Waals surface area contributed by atoms with Crippen molar-refractivity contribution in [1.82, 2.24) is 5.32 Å². The average Bonchev–Trinajstić information content (AvgIpc) is 2.87. The van der Waals surface area contributed by atoms with Crippen LogP contribution >= 0.6 is 11.6 Å². The minimum Gasteiger partial charge on any atom is -0.375 e. The molecule has 0 bridgehead atoms. The predicted molar refractivity (Wildman–Crippen MR) is 76.0 cm³/mol. The summed E-state index contributed by atoms with van der Waals surface area (Å²) in [6.45, 7) is 3.36. The van der Waals surface area contributed by atoms with Crippen molar-refractivity contribution in [2.45, 2.75) is 19.1 Å². The number of nitrogens with two attached hydrogens (primary N) is 1. The zero-order chi connectivity index (χ0) is 13.5. The molecule has 1 aliphatic rings. The molecule has 0 radical (unpaired) electrons. The number of nitrogens with one attached hydrogen (secondary N) is 1. The van der Waals surface area contributed by atoms with E-state index < -0.39 is 0 Å². The molecule has 0 amide bonds. The van der Waals surface area contributed by atoms with Crippen LogP contribution in [0.25, 0.3) is 0 Å². The summed E-state index contributed by atoms with van der Waals surface area (Å²) in [6, 6.07) is 8.16. The van der Waals surface area contributed by atoms with E-state index in [2.05, 4.69) is 5.32 Å². The SMILES string of the molecule is NCOC[C@H]1CN[C@H](COCc2ccc(Cl)cc2)C1. The Kier molecular flexibility index (Phi) is 6.07. The standard InChI is InChI=1S/C14H21ClN2O2/c15-13-3-1-11(2-4-13)7-18-9-14-5-12(6-17-14)8-19-10-16/h1-4,12,14,17H,5-10,16H2/t12-,14+/m1/s1. The molecule has 0 unspecified atom stereocenters. The number of ether oxygens (including phenoxy) is 2. The van der Waals surface area contributed by atoms with E-state index >= 15 is 0 Å². The van der Waals surface area contributed by atoms with Crippen LogP contribution in [-0.4, -0.2) is 32.5 Å². The van der Waals surface area contributed by atoms with Gasteiger partial charge in [0.1, 0.15) is 0 Å². The Bertz CT molecular complexity index is 372. The van der Waals surface area contributed by atoms with E-state index in [1.807, 2.05) is 24.3 Å². The van der Waals surface area contributed by atoms with Gasteiger partial charge in [-0.3, -0.25) is 0 Å². The molecule has 1 aromatic carbocycles. The van der Waals surface area contributed by atoms with Crippen LogP contribution in [-0.2, 0) is 16.1 Å². The summed E-state index contributed by atoms with van der Waals surface area (Å²) < 4.78 is 11.0. The fourth-order valence-electron chi connectivity index (χ4n) is 2.29. The summed E-state index contributed by atoms with van der Waals surface area (Å²) in [5.41, 5.74) is 6.46. The quantitative estimate of drug-likeness (QED) is 0.749. The molecule has 106 valence electrons. The van der Waals surface area contributed by atoms with Gasteiger partial charge in [0.25, 0.3) is 0 Å². The topological polar surface area (TPSA) is 56.5 Å². The second kappa shape index (κ2) is 7.82. The first kappa shape index (κ1) is 14.8. The fourth-order valence-corrected chi connectivity index (χ4v) is 2.42. The highest BCUT2D eigenvalue weighted by molar-refractivity contribution is 6.30. The first-order valence-electron chi connectivity index (χ1n) is 6.61. The summed E-state index contributed by atoms with van der Waals surface area (Å²) in [4.78, 5) is 0. The lowest BCUT2D eigenvalue weighted by atomic mass is 10.1. The van der Waals surface area contributed by atoms with E-state index in [4.69, 9.17) is 26.8 Å². The highest BCUT2D eigenvalue weighted by atomic mass is 35.5. The van der Waals surface area contributed by atoms with Gasteiger partial charge >= 0.3 is 0 Å². The summed E-state index contributed by atoms with van der Waals surface area (Å²) >= 11 is 5.84. The molecular weight excluding hydrogens is 264 g/mol. The molecule has 1 heterocycles. The van der Waals surface area contributed by atoms with Crippen molar-refractivity contribution >= 4 is 11.6 Å². The van der Waals surface area contributed by atoms with Crippen LogP contribution in [0.1, 0.15) is 12.0 Å². The summed E-state index contributed by atoms with van der Waals surface area (Å²) in [5, 5.41) is 4.20. The van der Waals surface area contributed by atoms with E-state index in [0.29, 0.717) is 25.3 Å². The second-order valence-electron chi connectivity index (χ2n) is 4.89. The third kappa shape index (κ3) is 5.09. The van der Waals surface area contributed by atoms with E-state index in [1.165, 1.54) is 0 Å². The monoisotopic (exact) mass is 284 g/mol. The lowest BCUT2D eigenvalue weighted by molar-refractivity contribution is 0.0937. The van der Waals surface area contributed by atoms with Gasteiger partial charge in [0.15, 0.2) is 0 Å². The maximum Gasteiger partial charge on any atom is 0.0940 e. The van der Waals surface area contributed by atoms with Crippen LogP contribution in [0, 0.1) is 5.92 Å². The van der Waals surface area contributed by atoms with Crippen molar-refractivity contribution in [3.8, 4) is 0 Å².